The Kier molecular flexibility index (Phi) is 6.10. The van der Waals surface area contributed by atoms with Gasteiger partial charge in [0.15, 0.2) is 0 Å². The third-order valence-electron chi connectivity index (χ3n) is 7.94. The zero-order chi connectivity index (χ0) is 23.8. The molecule has 3 aromatic rings. The van der Waals surface area contributed by atoms with E-state index in [-0.39, 0.29) is 12.0 Å². The van der Waals surface area contributed by atoms with Gasteiger partial charge >= 0.3 is 0 Å². The number of carbonyl (C=O) groups is 1. The van der Waals surface area contributed by atoms with Gasteiger partial charge < -0.3 is 19.7 Å². The Morgan fingerprint density at radius 3 is 2.83 bits per heavy atom. The monoisotopic (exact) mass is 474 g/mol. The number of fused-ring (bicyclic) bond motifs is 7. The normalized spacial score (nSPS) is 25.0. The highest BCUT2D eigenvalue weighted by Crippen LogP contribution is 2.37. The summed E-state index contributed by atoms with van der Waals surface area (Å²) in [7, 11) is 0. The number of hydrogen-bond acceptors (Lipinski definition) is 5. The van der Waals surface area contributed by atoms with Gasteiger partial charge in [-0.15, -0.1) is 0 Å². The third kappa shape index (κ3) is 4.61. The van der Waals surface area contributed by atoms with Crippen molar-refractivity contribution in [2.24, 2.45) is 5.92 Å². The summed E-state index contributed by atoms with van der Waals surface area (Å²) >= 11 is 0. The van der Waals surface area contributed by atoms with Crippen LogP contribution in [0.2, 0.25) is 0 Å². The van der Waals surface area contributed by atoms with E-state index in [1.165, 1.54) is 32.1 Å². The Morgan fingerprint density at radius 2 is 1.97 bits per heavy atom. The van der Waals surface area contributed by atoms with Gasteiger partial charge in [-0.2, -0.15) is 5.10 Å². The summed E-state index contributed by atoms with van der Waals surface area (Å²) in [6.45, 7) is 4.98. The van der Waals surface area contributed by atoms with Gasteiger partial charge in [-0.05, 0) is 68.4 Å². The molecule has 1 saturated carbocycles. The second kappa shape index (κ2) is 9.53. The van der Waals surface area contributed by atoms with Crippen LogP contribution in [0.15, 0.2) is 42.6 Å². The zero-order valence-electron chi connectivity index (χ0n) is 20.4. The Hall–Kier alpha value is -3.06. The molecule has 4 bridgehead atoms. The van der Waals surface area contributed by atoms with Crippen LogP contribution in [0.5, 0.6) is 5.75 Å². The van der Waals surface area contributed by atoms with Crippen LogP contribution in [0.25, 0.3) is 10.9 Å². The summed E-state index contributed by atoms with van der Waals surface area (Å²) < 4.78 is 14.1. The van der Waals surface area contributed by atoms with Crippen LogP contribution in [-0.2, 0) is 4.74 Å². The van der Waals surface area contributed by atoms with Crippen molar-refractivity contribution in [1.29, 1.82) is 0 Å². The van der Waals surface area contributed by atoms with Gasteiger partial charge in [0.25, 0.3) is 5.91 Å². The first-order chi connectivity index (χ1) is 17.2. The van der Waals surface area contributed by atoms with Crippen molar-refractivity contribution in [3.63, 3.8) is 0 Å². The molecule has 1 atom stereocenters. The van der Waals surface area contributed by atoms with Crippen molar-refractivity contribution >= 4 is 28.2 Å². The zero-order valence-corrected chi connectivity index (χ0v) is 20.4. The fourth-order valence-electron chi connectivity index (χ4n) is 5.83. The average molecular weight is 475 g/mol. The number of amides is 1. The van der Waals surface area contributed by atoms with Gasteiger partial charge in [-0.3, -0.25) is 9.48 Å². The SMILES string of the molecule is CC[C@H]1CC[C@H](n2cc3cc4c(cc3n2)N2CC[C@@H](C2)OCCOc2cccc(c2)C(=O)N4)CC1. The first kappa shape index (κ1) is 22.4. The largest absolute Gasteiger partial charge is 0.491 e. The molecule has 2 fully saturated rings. The number of aromatic nitrogens is 2. The molecule has 3 heterocycles. The van der Waals surface area contributed by atoms with Crippen LogP contribution in [0.1, 0.15) is 61.8 Å². The lowest BCUT2D eigenvalue weighted by molar-refractivity contribution is 0.0465. The highest BCUT2D eigenvalue weighted by atomic mass is 16.5. The molecule has 2 aromatic carbocycles. The molecule has 184 valence electrons. The molecule has 0 spiro atoms. The molecular weight excluding hydrogens is 440 g/mol. The van der Waals surface area contributed by atoms with E-state index in [1.807, 2.05) is 18.2 Å². The van der Waals surface area contributed by atoms with Crippen LogP contribution < -0.4 is 15.0 Å². The number of hydrogen-bond donors (Lipinski definition) is 1. The van der Waals surface area contributed by atoms with Crippen molar-refractivity contribution in [3.05, 3.63) is 48.2 Å². The molecule has 1 aromatic heterocycles. The molecule has 7 heteroatoms. The van der Waals surface area contributed by atoms with Gasteiger partial charge in [0.1, 0.15) is 12.4 Å². The van der Waals surface area contributed by atoms with Crippen molar-refractivity contribution in [3.8, 4) is 5.75 Å². The molecule has 6 rings (SSSR count). The Bertz CT molecular complexity index is 1210. The maximum atomic E-state index is 13.2. The maximum Gasteiger partial charge on any atom is 0.255 e. The molecule has 3 aliphatic rings. The quantitative estimate of drug-likeness (QED) is 0.537. The summed E-state index contributed by atoms with van der Waals surface area (Å²) in [4.78, 5) is 15.5. The molecule has 1 N–H and O–H groups in total. The number of rotatable bonds is 2. The highest BCUT2D eigenvalue weighted by Gasteiger charge is 2.27. The number of ether oxygens (including phenoxy) is 2. The predicted molar refractivity (Wildman–Crippen MR) is 137 cm³/mol. The Balaban J connectivity index is 1.36. The van der Waals surface area contributed by atoms with E-state index in [9.17, 15) is 4.79 Å². The van der Waals surface area contributed by atoms with Crippen LogP contribution in [0, 0.1) is 5.92 Å². The third-order valence-corrected chi connectivity index (χ3v) is 7.94. The molecule has 35 heavy (non-hydrogen) atoms. The Labute approximate surface area is 206 Å². The average Bonchev–Trinajstić information content (AvgIpc) is 3.53. The van der Waals surface area contributed by atoms with E-state index in [1.54, 1.807) is 6.07 Å². The number of benzene rings is 2. The van der Waals surface area contributed by atoms with Gasteiger partial charge in [-0.1, -0.05) is 19.4 Å². The van der Waals surface area contributed by atoms with E-state index < -0.39 is 0 Å². The van der Waals surface area contributed by atoms with E-state index in [0.29, 0.717) is 30.6 Å². The first-order valence-corrected chi connectivity index (χ1v) is 13.1. The first-order valence-electron chi connectivity index (χ1n) is 13.1. The second-order valence-electron chi connectivity index (χ2n) is 10.2. The molecule has 1 amide bonds. The summed E-state index contributed by atoms with van der Waals surface area (Å²) in [6.07, 6.45) is 9.47. The number of carbonyl (C=O) groups excluding carboxylic acids is 1. The predicted octanol–water partition coefficient (Wildman–Crippen LogP) is 5.42. The van der Waals surface area contributed by atoms with Crippen molar-refractivity contribution in [2.45, 2.75) is 57.6 Å². The fourth-order valence-corrected chi connectivity index (χ4v) is 5.83. The second-order valence-corrected chi connectivity index (χ2v) is 10.2. The lowest BCUT2D eigenvalue weighted by atomic mass is 9.85. The standard InChI is InChI=1S/C28H34N4O3/c1-2-19-6-8-22(9-7-19)32-17-21-15-26-27(16-25(21)30-32)31-11-10-24(18-31)35-13-12-34-23-5-3-4-20(14-23)28(33)29-26/h3-5,14-17,19,22,24H,2,6-13,18H2,1H3,(H,29,33)/t19-,22-,24-/m0/s1. The molecule has 7 nitrogen and oxygen atoms in total. The minimum absolute atomic E-state index is 0.134. The lowest BCUT2D eigenvalue weighted by Crippen LogP contribution is -2.26. The van der Waals surface area contributed by atoms with E-state index in [2.05, 4.69) is 40.2 Å². The van der Waals surface area contributed by atoms with E-state index >= 15 is 0 Å². The molecular formula is C28H34N4O3. The van der Waals surface area contributed by atoms with Crippen LogP contribution in [0.3, 0.4) is 0 Å². The van der Waals surface area contributed by atoms with Crippen LogP contribution >= 0.6 is 0 Å². The van der Waals surface area contributed by atoms with Crippen molar-refractivity contribution < 1.29 is 14.3 Å². The number of nitrogens with one attached hydrogen (secondary N) is 1. The number of anilines is 2. The highest BCUT2D eigenvalue weighted by molar-refractivity contribution is 6.07. The van der Waals surface area contributed by atoms with E-state index in [0.717, 1.165) is 47.7 Å². The minimum atomic E-state index is -0.134. The van der Waals surface area contributed by atoms with Crippen LogP contribution in [-0.4, -0.2) is 48.1 Å². The van der Waals surface area contributed by atoms with E-state index in [4.69, 9.17) is 14.6 Å². The topological polar surface area (TPSA) is 68.6 Å². The molecule has 0 unspecified atom stereocenters. The molecule has 0 radical (unpaired) electrons. The van der Waals surface area contributed by atoms with Gasteiger partial charge in [0.2, 0.25) is 0 Å². The van der Waals surface area contributed by atoms with Crippen molar-refractivity contribution in [1.82, 2.24) is 9.78 Å². The van der Waals surface area contributed by atoms with Crippen LogP contribution in [0.4, 0.5) is 11.4 Å². The van der Waals surface area contributed by atoms with Gasteiger partial charge in [0.05, 0.1) is 35.6 Å². The maximum absolute atomic E-state index is 13.2. The summed E-state index contributed by atoms with van der Waals surface area (Å²) in [5, 5.41) is 9.25. The molecule has 1 aliphatic carbocycles. The number of nitrogens with zero attached hydrogens (tertiary/aromatic N) is 3. The summed E-state index contributed by atoms with van der Waals surface area (Å²) in [5.41, 5.74) is 3.40. The fraction of sp³-hybridized carbons (Fsp3) is 0.500. The van der Waals surface area contributed by atoms with Gasteiger partial charge in [-0.25, -0.2) is 0 Å². The minimum Gasteiger partial charge on any atom is -0.491 e. The molecule has 1 saturated heterocycles. The Morgan fingerprint density at radius 1 is 1.09 bits per heavy atom. The lowest BCUT2D eigenvalue weighted by Gasteiger charge is -2.27. The van der Waals surface area contributed by atoms with Crippen molar-refractivity contribution in [2.75, 3.05) is 36.5 Å². The smallest absolute Gasteiger partial charge is 0.255 e. The van der Waals surface area contributed by atoms with Gasteiger partial charge in [0, 0.05) is 30.2 Å². The summed E-state index contributed by atoms with van der Waals surface area (Å²) in [5.74, 6) is 1.40. The summed E-state index contributed by atoms with van der Waals surface area (Å²) in [6, 6.07) is 12.0. The molecule has 2 aliphatic heterocycles.